The molecular weight excluding hydrogens is 378 g/mol. The van der Waals surface area contributed by atoms with Gasteiger partial charge in [0.15, 0.2) is 0 Å². The van der Waals surface area contributed by atoms with Gasteiger partial charge in [0.25, 0.3) is 0 Å². The van der Waals surface area contributed by atoms with Crippen molar-refractivity contribution in [3.05, 3.63) is 83.9 Å². The Morgan fingerprint density at radius 2 is 1.77 bits per heavy atom. The number of β-lactam (4-membered cyclic amide) rings is 1. The number of likely N-dealkylation sites (tertiary alicyclic amines) is 1. The van der Waals surface area contributed by atoms with Gasteiger partial charge in [-0.2, -0.15) is 0 Å². The number of carbonyl (C=O) groups excluding carboxylic acids is 2. The van der Waals surface area contributed by atoms with Gasteiger partial charge >= 0.3 is 5.97 Å². The van der Waals surface area contributed by atoms with Crippen molar-refractivity contribution in [3.8, 4) is 0 Å². The number of carbonyl (C=O) groups is 2. The maximum atomic E-state index is 13.5. The molecule has 0 aliphatic carbocycles. The van der Waals surface area contributed by atoms with Crippen molar-refractivity contribution in [2.24, 2.45) is 5.41 Å². The van der Waals surface area contributed by atoms with Gasteiger partial charge in [-0.25, -0.2) is 0 Å². The highest BCUT2D eigenvalue weighted by atomic mass is 16.5. The average Bonchev–Trinajstić information content (AvgIpc) is 2.78. The molecule has 1 aliphatic rings. The molecule has 5 nitrogen and oxygen atoms in total. The Kier molecular flexibility index (Phi) is 7.06. The minimum absolute atomic E-state index is 0.123. The standard InChI is InChI=1S/C25H29NO4/c1-3-5-17-25(23(28)20-14-10-7-11-15-20)22(19-12-8-6-9-13-19)26(24(25)29)18-16-21(27)30-4-2/h5-15,17,22-23,28H,3-4,16,18H2,1-2H3/b17-5+/t22-,23-,25+/m1/s1. The van der Waals surface area contributed by atoms with E-state index >= 15 is 0 Å². The molecule has 0 spiro atoms. The van der Waals surface area contributed by atoms with Gasteiger partial charge in [-0.05, 0) is 24.5 Å². The third-order valence-electron chi connectivity index (χ3n) is 5.57. The van der Waals surface area contributed by atoms with Crippen molar-refractivity contribution in [3.63, 3.8) is 0 Å². The van der Waals surface area contributed by atoms with Gasteiger partial charge in [0.05, 0.1) is 25.2 Å². The van der Waals surface area contributed by atoms with E-state index < -0.39 is 11.5 Å². The molecule has 0 aromatic heterocycles. The summed E-state index contributed by atoms with van der Waals surface area (Å²) in [6, 6.07) is 18.6. The van der Waals surface area contributed by atoms with Crippen molar-refractivity contribution in [2.45, 2.75) is 38.8 Å². The van der Waals surface area contributed by atoms with Crippen molar-refractivity contribution in [1.29, 1.82) is 0 Å². The van der Waals surface area contributed by atoms with Gasteiger partial charge in [0.1, 0.15) is 5.41 Å². The Morgan fingerprint density at radius 1 is 1.13 bits per heavy atom. The van der Waals surface area contributed by atoms with E-state index in [1.807, 2.05) is 79.7 Å². The van der Waals surface area contributed by atoms with Crippen LogP contribution in [-0.4, -0.2) is 35.0 Å². The van der Waals surface area contributed by atoms with Crippen molar-refractivity contribution in [2.75, 3.05) is 13.2 Å². The van der Waals surface area contributed by atoms with Crippen molar-refractivity contribution in [1.82, 2.24) is 4.90 Å². The van der Waals surface area contributed by atoms with Crippen LogP contribution in [-0.2, 0) is 14.3 Å². The first-order valence-electron chi connectivity index (χ1n) is 10.5. The summed E-state index contributed by atoms with van der Waals surface area (Å²) in [5.74, 6) is -0.510. The molecule has 1 saturated heterocycles. The lowest BCUT2D eigenvalue weighted by molar-refractivity contribution is -0.181. The monoisotopic (exact) mass is 407 g/mol. The zero-order valence-electron chi connectivity index (χ0n) is 17.5. The summed E-state index contributed by atoms with van der Waals surface area (Å²) in [5.41, 5.74) is 0.502. The molecule has 0 bridgehead atoms. The molecular formula is C25H29NO4. The molecule has 0 radical (unpaired) electrons. The molecule has 1 amide bonds. The summed E-state index contributed by atoms with van der Waals surface area (Å²) in [7, 11) is 0. The molecule has 0 saturated carbocycles. The summed E-state index contributed by atoms with van der Waals surface area (Å²) in [6.07, 6.45) is 3.66. The van der Waals surface area contributed by atoms with Gasteiger partial charge in [-0.1, -0.05) is 79.7 Å². The maximum Gasteiger partial charge on any atom is 0.307 e. The molecule has 2 aromatic carbocycles. The van der Waals surface area contributed by atoms with Crippen LogP contribution < -0.4 is 0 Å². The van der Waals surface area contributed by atoms with E-state index in [1.165, 1.54) is 0 Å². The predicted molar refractivity (Wildman–Crippen MR) is 115 cm³/mol. The lowest BCUT2D eigenvalue weighted by Gasteiger charge is -2.57. The molecule has 30 heavy (non-hydrogen) atoms. The fourth-order valence-electron chi connectivity index (χ4n) is 4.19. The molecule has 158 valence electrons. The lowest BCUT2D eigenvalue weighted by Crippen LogP contribution is -2.65. The second-order valence-corrected chi connectivity index (χ2v) is 7.42. The second kappa shape index (κ2) is 9.72. The van der Waals surface area contributed by atoms with Crippen molar-refractivity contribution < 1.29 is 19.4 Å². The Balaban J connectivity index is 2.02. The molecule has 1 N–H and O–H groups in total. The predicted octanol–water partition coefficient (Wildman–Crippen LogP) is 4.21. The first kappa shape index (κ1) is 21.8. The van der Waals surface area contributed by atoms with Crippen molar-refractivity contribution >= 4 is 11.9 Å². The summed E-state index contributed by atoms with van der Waals surface area (Å²) in [6.45, 7) is 4.32. The van der Waals surface area contributed by atoms with Crippen LogP contribution in [0.15, 0.2) is 72.8 Å². The number of esters is 1. The molecule has 3 atom stereocenters. The van der Waals surface area contributed by atoms with Gasteiger partial charge in [-0.3, -0.25) is 9.59 Å². The normalized spacial score (nSPS) is 22.0. The number of hydrogen-bond acceptors (Lipinski definition) is 4. The SMILES string of the molecule is CC/C=C/[C@]1([C@H](O)c2ccccc2)C(=O)N(CCC(=O)OCC)[C@@H]1c1ccccc1. The van der Waals surface area contributed by atoms with E-state index in [0.717, 1.165) is 12.0 Å². The zero-order valence-corrected chi connectivity index (χ0v) is 17.5. The number of benzene rings is 2. The largest absolute Gasteiger partial charge is 0.466 e. The Morgan fingerprint density at radius 3 is 2.37 bits per heavy atom. The van der Waals surface area contributed by atoms with Gasteiger partial charge in [-0.15, -0.1) is 0 Å². The molecule has 1 heterocycles. The fourth-order valence-corrected chi connectivity index (χ4v) is 4.19. The number of ether oxygens (including phenoxy) is 1. The number of nitrogens with zero attached hydrogens (tertiary/aromatic N) is 1. The van der Waals surface area contributed by atoms with E-state index in [1.54, 1.807) is 11.8 Å². The van der Waals surface area contributed by atoms with Crippen LogP contribution in [0, 0.1) is 5.41 Å². The van der Waals surface area contributed by atoms with Crippen LogP contribution in [0.25, 0.3) is 0 Å². The number of allylic oxidation sites excluding steroid dienone is 1. The molecule has 0 unspecified atom stereocenters. The summed E-state index contributed by atoms with van der Waals surface area (Å²) >= 11 is 0. The highest BCUT2D eigenvalue weighted by molar-refractivity contribution is 5.94. The van der Waals surface area contributed by atoms with E-state index in [0.29, 0.717) is 12.2 Å². The summed E-state index contributed by atoms with van der Waals surface area (Å²) in [5, 5.41) is 11.4. The van der Waals surface area contributed by atoms with Crippen LogP contribution >= 0.6 is 0 Å². The highest BCUT2D eigenvalue weighted by Gasteiger charge is 2.63. The number of rotatable bonds is 9. The Labute approximate surface area is 178 Å². The second-order valence-electron chi connectivity index (χ2n) is 7.42. The molecule has 1 aliphatic heterocycles. The molecule has 5 heteroatoms. The van der Waals surface area contributed by atoms with Crippen LogP contribution in [0.4, 0.5) is 0 Å². The lowest BCUT2D eigenvalue weighted by atomic mass is 9.62. The van der Waals surface area contributed by atoms with Crippen LogP contribution in [0.3, 0.4) is 0 Å². The molecule has 1 fully saturated rings. The minimum atomic E-state index is -1.12. The Hall–Kier alpha value is -2.92. The van der Waals surface area contributed by atoms with Crippen LogP contribution in [0.5, 0.6) is 0 Å². The number of aliphatic hydroxyl groups is 1. The van der Waals surface area contributed by atoms with Gasteiger partial charge in [0, 0.05) is 6.54 Å². The fraction of sp³-hybridized carbons (Fsp3) is 0.360. The first-order valence-corrected chi connectivity index (χ1v) is 10.5. The number of aliphatic hydroxyl groups excluding tert-OH is 1. The third kappa shape index (κ3) is 4.03. The van der Waals surface area contributed by atoms with Crippen LogP contribution in [0.2, 0.25) is 0 Å². The van der Waals surface area contributed by atoms with E-state index in [-0.39, 0.29) is 30.9 Å². The van der Waals surface area contributed by atoms with Gasteiger partial charge in [0.2, 0.25) is 5.91 Å². The number of amides is 1. The van der Waals surface area contributed by atoms with Crippen LogP contribution in [0.1, 0.15) is 50.0 Å². The minimum Gasteiger partial charge on any atom is -0.466 e. The van der Waals surface area contributed by atoms with E-state index in [4.69, 9.17) is 4.74 Å². The third-order valence-corrected chi connectivity index (χ3v) is 5.57. The smallest absolute Gasteiger partial charge is 0.307 e. The van der Waals surface area contributed by atoms with E-state index in [2.05, 4.69) is 0 Å². The first-order chi connectivity index (χ1) is 14.6. The summed E-state index contributed by atoms with van der Waals surface area (Å²) in [4.78, 5) is 27.1. The average molecular weight is 408 g/mol. The maximum absolute atomic E-state index is 13.5. The Bertz CT molecular complexity index is 881. The topological polar surface area (TPSA) is 66.8 Å². The highest BCUT2D eigenvalue weighted by Crippen LogP contribution is 2.57. The molecule has 3 rings (SSSR count). The quantitative estimate of drug-likeness (QED) is 0.384. The summed E-state index contributed by atoms with van der Waals surface area (Å²) < 4.78 is 5.03. The number of hydrogen-bond donors (Lipinski definition) is 1. The van der Waals surface area contributed by atoms with E-state index in [9.17, 15) is 14.7 Å². The molecule has 2 aromatic rings. The van der Waals surface area contributed by atoms with Gasteiger partial charge < -0.3 is 14.7 Å². The zero-order chi connectivity index (χ0) is 21.6.